The van der Waals surface area contributed by atoms with Crippen LogP contribution in [0.3, 0.4) is 0 Å². The Morgan fingerprint density at radius 3 is 2.73 bits per heavy atom. The van der Waals surface area contributed by atoms with Gasteiger partial charge in [-0.05, 0) is 37.0 Å². The fraction of sp³-hybridized carbons (Fsp3) is 0.381. The molecular weight excluding hydrogens is 324 g/mol. The van der Waals surface area contributed by atoms with E-state index in [0.717, 1.165) is 30.8 Å². The molecule has 5 nitrogen and oxygen atoms in total. The molecule has 2 saturated carbocycles. The first-order chi connectivity index (χ1) is 12.8. The van der Waals surface area contributed by atoms with Gasteiger partial charge in [-0.15, -0.1) is 0 Å². The molecule has 1 unspecified atom stereocenters. The van der Waals surface area contributed by atoms with Crippen LogP contribution in [0, 0.1) is 0 Å². The van der Waals surface area contributed by atoms with E-state index in [9.17, 15) is 0 Å². The molecule has 0 saturated heterocycles. The van der Waals surface area contributed by atoms with Crippen LogP contribution in [0.5, 0.6) is 0 Å². The van der Waals surface area contributed by atoms with Gasteiger partial charge in [0.15, 0.2) is 5.82 Å². The molecule has 26 heavy (non-hydrogen) atoms. The minimum atomic E-state index is 0.0216. The van der Waals surface area contributed by atoms with Crippen molar-refractivity contribution in [3.05, 3.63) is 66.2 Å². The molecule has 0 aliphatic heterocycles. The molecule has 1 aromatic carbocycles. The minimum absolute atomic E-state index is 0.0216. The molecule has 0 bridgehead atoms. The Morgan fingerprint density at radius 2 is 2.00 bits per heavy atom. The van der Waals surface area contributed by atoms with Gasteiger partial charge in [-0.1, -0.05) is 41.9 Å². The van der Waals surface area contributed by atoms with Crippen molar-refractivity contribution in [2.75, 3.05) is 6.54 Å². The summed E-state index contributed by atoms with van der Waals surface area (Å²) in [5, 5.41) is 8.07. The highest BCUT2D eigenvalue weighted by molar-refractivity contribution is 5.50. The first-order valence-electron chi connectivity index (χ1n) is 9.37. The smallest absolute Gasteiger partial charge is 0.259 e. The average molecular weight is 346 g/mol. The normalized spacial score (nSPS) is 23.4. The van der Waals surface area contributed by atoms with Gasteiger partial charge in [-0.25, -0.2) is 0 Å². The van der Waals surface area contributed by atoms with Crippen LogP contribution in [0.4, 0.5) is 0 Å². The monoisotopic (exact) mass is 346 g/mol. The summed E-state index contributed by atoms with van der Waals surface area (Å²) in [6.07, 6.45) is 8.19. The molecule has 2 heterocycles. The average Bonchev–Trinajstić information content (AvgIpc) is 3.28. The second kappa shape index (κ2) is 6.32. The lowest BCUT2D eigenvalue weighted by molar-refractivity contribution is 0.211. The molecule has 0 amide bonds. The van der Waals surface area contributed by atoms with Gasteiger partial charge >= 0.3 is 0 Å². The van der Waals surface area contributed by atoms with Crippen LogP contribution in [0.1, 0.15) is 43.0 Å². The van der Waals surface area contributed by atoms with E-state index in [1.807, 2.05) is 12.1 Å². The molecule has 1 N–H and O–H groups in total. The third-order valence-electron chi connectivity index (χ3n) is 5.84. The highest BCUT2D eigenvalue weighted by atomic mass is 16.5. The zero-order valence-corrected chi connectivity index (χ0v) is 14.6. The molecule has 2 aliphatic rings. The zero-order chi connectivity index (χ0) is 17.4. The van der Waals surface area contributed by atoms with Crippen molar-refractivity contribution in [1.29, 1.82) is 0 Å². The fourth-order valence-electron chi connectivity index (χ4n) is 3.94. The Morgan fingerprint density at radius 1 is 1.12 bits per heavy atom. The van der Waals surface area contributed by atoms with E-state index in [1.165, 1.54) is 18.4 Å². The maximum absolute atomic E-state index is 5.52. The van der Waals surface area contributed by atoms with Gasteiger partial charge in [0.2, 0.25) is 0 Å². The summed E-state index contributed by atoms with van der Waals surface area (Å²) in [6.45, 7) is 0.924. The van der Waals surface area contributed by atoms with Gasteiger partial charge in [0, 0.05) is 36.3 Å². The van der Waals surface area contributed by atoms with Gasteiger partial charge in [0.1, 0.15) is 0 Å². The molecular formula is C21H22N4O. The van der Waals surface area contributed by atoms with E-state index >= 15 is 0 Å². The number of benzene rings is 1. The minimum Gasteiger partial charge on any atom is -0.334 e. The van der Waals surface area contributed by atoms with Gasteiger partial charge in [-0.3, -0.25) is 4.98 Å². The van der Waals surface area contributed by atoms with Gasteiger partial charge in [0.25, 0.3) is 5.89 Å². The SMILES string of the molecule is c1ccc([C@H]2CC2NCC2(c3noc(-c4cccnc4)n3)CCC2)cc1. The Hall–Kier alpha value is -2.53. The quantitative estimate of drug-likeness (QED) is 0.737. The van der Waals surface area contributed by atoms with Crippen molar-refractivity contribution < 1.29 is 4.52 Å². The third-order valence-corrected chi connectivity index (χ3v) is 5.84. The first kappa shape index (κ1) is 15.7. The number of rotatable bonds is 6. The first-order valence-corrected chi connectivity index (χ1v) is 9.37. The summed E-state index contributed by atoms with van der Waals surface area (Å²) in [5.74, 6) is 2.05. The Balaban J connectivity index is 1.27. The second-order valence-electron chi connectivity index (χ2n) is 7.54. The van der Waals surface area contributed by atoms with Gasteiger partial charge in [-0.2, -0.15) is 4.98 Å². The molecule has 0 spiro atoms. The van der Waals surface area contributed by atoms with E-state index < -0.39 is 0 Å². The Labute approximate surface area is 152 Å². The topological polar surface area (TPSA) is 63.8 Å². The summed E-state index contributed by atoms with van der Waals surface area (Å²) in [4.78, 5) is 8.82. The second-order valence-corrected chi connectivity index (χ2v) is 7.54. The largest absolute Gasteiger partial charge is 0.334 e. The van der Waals surface area contributed by atoms with Crippen LogP contribution in [-0.4, -0.2) is 27.7 Å². The van der Waals surface area contributed by atoms with Crippen molar-refractivity contribution in [2.45, 2.75) is 43.1 Å². The molecule has 5 heteroatoms. The van der Waals surface area contributed by atoms with Crippen LogP contribution < -0.4 is 5.32 Å². The number of nitrogens with zero attached hydrogens (tertiary/aromatic N) is 3. The maximum atomic E-state index is 5.52. The van der Waals surface area contributed by atoms with Crippen molar-refractivity contribution in [3.63, 3.8) is 0 Å². The molecule has 2 fully saturated rings. The number of pyridine rings is 1. The summed E-state index contributed by atoms with van der Waals surface area (Å²) in [7, 11) is 0. The van der Waals surface area contributed by atoms with Crippen molar-refractivity contribution in [2.24, 2.45) is 0 Å². The van der Waals surface area contributed by atoms with E-state index in [4.69, 9.17) is 9.51 Å². The number of hydrogen-bond donors (Lipinski definition) is 1. The van der Waals surface area contributed by atoms with E-state index in [-0.39, 0.29) is 5.41 Å². The van der Waals surface area contributed by atoms with Gasteiger partial charge in [0.05, 0.1) is 5.56 Å². The van der Waals surface area contributed by atoms with Crippen LogP contribution in [-0.2, 0) is 5.41 Å². The lowest BCUT2D eigenvalue weighted by Crippen LogP contribution is -2.45. The molecule has 5 rings (SSSR count). The van der Waals surface area contributed by atoms with Crippen molar-refractivity contribution in [1.82, 2.24) is 20.4 Å². The molecule has 0 radical (unpaired) electrons. The van der Waals surface area contributed by atoms with Gasteiger partial charge < -0.3 is 9.84 Å². The Kier molecular flexibility index (Phi) is 3.82. The molecule has 2 aromatic heterocycles. The number of nitrogens with one attached hydrogen (secondary N) is 1. The lowest BCUT2D eigenvalue weighted by atomic mass is 9.68. The van der Waals surface area contributed by atoms with E-state index in [2.05, 4.69) is 45.8 Å². The lowest BCUT2D eigenvalue weighted by Gasteiger charge is -2.39. The highest BCUT2D eigenvalue weighted by Crippen LogP contribution is 2.45. The summed E-state index contributed by atoms with van der Waals surface area (Å²) >= 11 is 0. The molecule has 2 atom stereocenters. The van der Waals surface area contributed by atoms with Crippen LogP contribution in [0.25, 0.3) is 11.5 Å². The Bertz CT molecular complexity index is 873. The maximum Gasteiger partial charge on any atom is 0.259 e. The standard InChI is InChI=1S/C21H22N4O/c1-2-6-15(7-3-1)17-12-18(17)23-14-21(9-5-10-21)20-24-19(26-25-20)16-8-4-11-22-13-16/h1-4,6-8,11,13,17-18,23H,5,9-10,12,14H2/t17-,18?/m1/s1. The predicted molar refractivity (Wildman–Crippen MR) is 98.6 cm³/mol. The van der Waals surface area contributed by atoms with Crippen molar-refractivity contribution in [3.8, 4) is 11.5 Å². The molecule has 132 valence electrons. The van der Waals surface area contributed by atoms with Crippen LogP contribution >= 0.6 is 0 Å². The van der Waals surface area contributed by atoms with E-state index in [0.29, 0.717) is 17.9 Å². The number of hydrogen-bond acceptors (Lipinski definition) is 5. The van der Waals surface area contributed by atoms with E-state index in [1.54, 1.807) is 12.4 Å². The van der Waals surface area contributed by atoms with Crippen LogP contribution in [0.2, 0.25) is 0 Å². The molecule has 2 aliphatic carbocycles. The van der Waals surface area contributed by atoms with Crippen LogP contribution in [0.15, 0.2) is 59.4 Å². The fourth-order valence-corrected chi connectivity index (χ4v) is 3.94. The molecule has 3 aromatic rings. The third kappa shape index (κ3) is 2.82. The number of aromatic nitrogens is 3. The highest BCUT2D eigenvalue weighted by Gasteiger charge is 2.46. The zero-order valence-electron chi connectivity index (χ0n) is 14.6. The predicted octanol–water partition coefficient (Wildman–Crippen LogP) is 3.70. The summed E-state index contributed by atoms with van der Waals surface area (Å²) in [6, 6.07) is 15.2. The van der Waals surface area contributed by atoms with Crippen molar-refractivity contribution >= 4 is 0 Å². The summed E-state index contributed by atoms with van der Waals surface area (Å²) < 4.78 is 5.52. The summed E-state index contributed by atoms with van der Waals surface area (Å²) in [5.41, 5.74) is 2.33.